The first-order valence-electron chi connectivity index (χ1n) is 8.12. The second-order valence-corrected chi connectivity index (χ2v) is 7.52. The van der Waals surface area contributed by atoms with Crippen molar-refractivity contribution in [2.75, 3.05) is 5.32 Å². The molecule has 0 fully saturated rings. The Balaban J connectivity index is 2.22. The molecule has 0 heterocycles. The number of hydrogen-bond acceptors (Lipinski definition) is 3. The van der Waals surface area contributed by atoms with E-state index in [0.717, 1.165) is 30.3 Å². The summed E-state index contributed by atoms with van der Waals surface area (Å²) in [7, 11) is -3.36. The zero-order valence-corrected chi connectivity index (χ0v) is 16.2. The van der Waals surface area contributed by atoms with Gasteiger partial charge in [0.25, 0.3) is 5.91 Å². The van der Waals surface area contributed by atoms with Crippen LogP contribution in [0.1, 0.15) is 21.5 Å². The molecule has 2 N–H and O–H groups in total. The van der Waals surface area contributed by atoms with E-state index in [1.165, 1.54) is 13.8 Å². The molecule has 0 saturated carbocycles. The van der Waals surface area contributed by atoms with Gasteiger partial charge in [0.2, 0.25) is 0 Å². The van der Waals surface area contributed by atoms with Gasteiger partial charge in [-0.2, -0.15) is 8.78 Å². The lowest BCUT2D eigenvalue weighted by Gasteiger charge is -2.18. The molecule has 0 radical (unpaired) electrons. The van der Waals surface area contributed by atoms with Gasteiger partial charge in [-0.05, 0) is 49.2 Å². The maximum Gasteiger partial charge on any atom is 0.384 e. The van der Waals surface area contributed by atoms with Crippen LogP contribution in [0.5, 0.6) is 0 Å². The predicted molar refractivity (Wildman–Crippen MR) is 96.1 cm³/mol. The third kappa shape index (κ3) is 4.64. The van der Waals surface area contributed by atoms with Crippen molar-refractivity contribution in [3.8, 4) is 0 Å². The SMILES string of the molecule is Cc1c(NC(=O)NC(=O)c2c(F)cccc2F)ccc(S(=O)C(F)(F)C(F)F)c1C. The van der Waals surface area contributed by atoms with E-state index in [-0.39, 0.29) is 16.8 Å². The Labute approximate surface area is 168 Å². The Morgan fingerprint density at radius 3 is 2.10 bits per heavy atom. The Kier molecular flexibility index (Phi) is 6.91. The van der Waals surface area contributed by atoms with Crippen molar-refractivity contribution < 1.29 is 40.1 Å². The molecule has 0 spiro atoms. The summed E-state index contributed by atoms with van der Waals surface area (Å²) in [6.07, 6.45) is -4.15. The number of anilines is 1. The molecular weight excluding hydrogens is 438 g/mol. The average molecular weight is 452 g/mol. The van der Waals surface area contributed by atoms with Gasteiger partial charge in [0.15, 0.2) is 0 Å². The molecule has 0 aliphatic heterocycles. The topological polar surface area (TPSA) is 75.3 Å². The Morgan fingerprint density at radius 1 is 1.00 bits per heavy atom. The van der Waals surface area contributed by atoms with Crippen LogP contribution in [0.4, 0.5) is 36.8 Å². The third-order valence-electron chi connectivity index (χ3n) is 4.10. The molecule has 3 amide bonds. The minimum Gasteiger partial charge on any atom is -0.307 e. The summed E-state index contributed by atoms with van der Waals surface area (Å²) >= 11 is 0. The van der Waals surface area contributed by atoms with Crippen molar-refractivity contribution in [2.24, 2.45) is 0 Å². The van der Waals surface area contributed by atoms with Crippen molar-refractivity contribution in [2.45, 2.75) is 30.4 Å². The highest BCUT2D eigenvalue weighted by Crippen LogP contribution is 2.34. The zero-order chi connectivity index (χ0) is 22.8. The number of alkyl halides is 4. The second-order valence-electron chi connectivity index (χ2n) is 6.00. The van der Waals surface area contributed by atoms with Crippen molar-refractivity contribution >= 4 is 28.4 Å². The first-order chi connectivity index (χ1) is 13.9. The molecule has 0 aliphatic carbocycles. The molecule has 2 aromatic carbocycles. The maximum absolute atomic E-state index is 13.6. The molecule has 12 heteroatoms. The molecule has 1 unspecified atom stereocenters. The number of hydrogen-bond donors (Lipinski definition) is 2. The highest BCUT2D eigenvalue weighted by molar-refractivity contribution is 7.86. The molecule has 2 rings (SSSR count). The van der Waals surface area contributed by atoms with E-state index in [0.29, 0.717) is 0 Å². The van der Waals surface area contributed by atoms with Crippen LogP contribution in [0, 0.1) is 25.5 Å². The summed E-state index contributed by atoms with van der Waals surface area (Å²) in [5.41, 5.74) is -0.975. The van der Waals surface area contributed by atoms with Crippen LogP contribution in [0.3, 0.4) is 0 Å². The summed E-state index contributed by atoms with van der Waals surface area (Å²) in [5, 5.41) is -0.909. The Hall–Kier alpha value is -2.89. The lowest BCUT2D eigenvalue weighted by Crippen LogP contribution is -2.35. The quantitative estimate of drug-likeness (QED) is 0.656. The van der Waals surface area contributed by atoms with Crippen LogP contribution in [-0.4, -0.2) is 27.8 Å². The number of rotatable bonds is 5. The Bertz CT molecular complexity index is 1010. The monoisotopic (exact) mass is 452 g/mol. The number of carbonyl (C=O) groups excluding carboxylic acids is 2. The number of carbonyl (C=O) groups is 2. The smallest absolute Gasteiger partial charge is 0.307 e. The predicted octanol–water partition coefficient (Wildman–Crippen LogP) is 4.51. The van der Waals surface area contributed by atoms with Crippen molar-refractivity contribution in [3.63, 3.8) is 0 Å². The number of halogens is 6. The summed E-state index contributed by atoms with van der Waals surface area (Å²) in [5.74, 6) is -3.76. The fourth-order valence-electron chi connectivity index (χ4n) is 2.39. The van der Waals surface area contributed by atoms with Gasteiger partial charge in [-0.25, -0.2) is 26.6 Å². The largest absolute Gasteiger partial charge is 0.384 e. The molecule has 0 aliphatic rings. The van der Waals surface area contributed by atoms with E-state index in [1.54, 1.807) is 5.32 Å². The Morgan fingerprint density at radius 2 is 1.57 bits per heavy atom. The summed E-state index contributed by atoms with van der Waals surface area (Å²) < 4.78 is 90.7. The summed E-state index contributed by atoms with van der Waals surface area (Å²) in [4.78, 5) is 23.3. The van der Waals surface area contributed by atoms with Gasteiger partial charge in [-0.1, -0.05) is 6.07 Å². The minimum atomic E-state index is -4.78. The fraction of sp³-hybridized carbons (Fsp3) is 0.222. The molecule has 162 valence electrons. The maximum atomic E-state index is 13.6. The van der Waals surface area contributed by atoms with E-state index in [9.17, 15) is 40.1 Å². The molecule has 1 atom stereocenters. The fourth-order valence-corrected chi connectivity index (χ4v) is 3.47. The van der Waals surface area contributed by atoms with Gasteiger partial charge in [0.1, 0.15) is 28.0 Å². The van der Waals surface area contributed by atoms with Gasteiger partial charge in [-0.3, -0.25) is 10.1 Å². The number of imide groups is 1. The van der Waals surface area contributed by atoms with E-state index < -0.39 is 56.5 Å². The summed E-state index contributed by atoms with van der Waals surface area (Å²) in [6, 6.07) is 3.34. The molecule has 30 heavy (non-hydrogen) atoms. The van der Waals surface area contributed by atoms with Gasteiger partial charge < -0.3 is 5.32 Å². The molecule has 0 bridgehead atoms. The van der Waals surface area contributed by atoms with Crippen LogP contribution in [0.25, 0.3) is 0 Å². The first-order valence-corrected chi connectivity index (χ1v) is 9.27. The zero-order valence-electron chi connectivity index (χ0n) is 15.4. The van der Waals surface area contributed by atoms with Crippen molar-refractivity contribution in [3.05, 3.63) is 58.7 Å². The molecule has 2 aromatic rings. The number of nitrogens with one attached hydrogen (secondary N) is 2. The van der Waals surface area contributed by atoms with E-state index in [1.807, 2.05) is 0 Å². The van der Waals surface area contributed by atoms with Gasteiger partial charge >= 0.3 is 17.7 Å². The standard InChI is InChI=1S/C18H14F6N2O3S/c1-8-9(2)13(30(29)18(23,24)16(21)22)7-6-12(8)25-17(28)26-15(27)14-10(19)4-3-5-11(14)20/h3-7,16H,1-2H3,(H2,25,26,27,28). The van der Waals surface area contributed by atoms with E-state index >= 15 is 0 Å². The number of amides is 3. The lowest BCUT2D eigenvalue weighted by atomic mass is 10.1. The van der Waals surface area contributed by atoms with Crippen LogP contribution < -0.4 is 10.6 Å². The average Bonchev–Trinajstić information content (AvgIpc) is 2.64. The van der Waals surface area contributed by atoms with Crippen molar-refractivity contribution in [1.29, 1.82) is 0 Å². The lowest BCUT2D eigenvalue weighted by molar-refractivity contribution is -0.0602. The molecule has 0 aromatic heterocycles. The molecular formula is C18H14F6N2O3S. The van der Waals surface area contributed by atoms with Gasteiger partial charge in [-0.15, -0.1) is 0 Å². The van der Waals surface area contributed by atoms with Crippen molar-refractivity contribution in [1.82, 2.24) is 5.32 Å². The van der Waals surface area contributed by atoms with E-state index in [4.69, 9.17) is 0 Å². The van der Waals surface area contributed by atoms with Gasteiger partial charge in [0.05, 0.1) is 0 Å². The number of urea groups is 1. The van der Waals surface area contributed by atoms with Crippen LogP contribution >= 0.6 is 0 Å². The second kappa shape index (κ2) is 8.86. The van der Waals surface area contributed by atoms with Crippen LogP contribution in [0.15, 0.2) is 35.2 Å². The molecule has 5 nitrogen and oxygen atoms in total. The van der Waals surface area contributed by atoms with Crippen LogP contribution in [0.2, 0.25) is 0 Å². The number of benzene rings is 2. The van der Waals surface area contributed by atoms with Gasteiger partial charge in [0, 0.05) is 10.6 Å². The normalized spacial score (nSPS) is 12.6. The first kappa shape index (κ1) is 23.4. The van der Waals surface area contributed by atoms with E-state index in [2.05, 4.69) is 5.32 Å². The summed E-state index contributed by atoms with van der Waals surface area (Å²) in [6.45, 7) is 2.55. The minimum absolute atomic E-state index is 0.0343. The van der Waals surface area contributed by atoms with Crippen LogP contribution in [-0.2, 0) is 10.8 Å². The highest BCUT2D eigenvalue weighted by Gasteiger charge is 2.48. The molecule has 0 saturated heterocycles. The third-order valence-corrected chi connectivity index (χ3v) is 5.62. The highest BCUT2D eigenvalue weighted by atomic mass is 32.2.